The Kier molecular flexibility index (Phi) is 5.74. The number of aliphatic imine (C=N–C) groups is 1. The van der Waals surface area contributed by atoms with E-state index in [1.165, 1.54) is 6.26 Å². The number of nitrogens with one attached hydrogen (secondary N) is 2. The number of rotatable bonds is 5. The molecule has 0 aliphatic rings. The summed E-state index contributed by atoms with van der Waals surface area (Å²) in [4.78, 5) is 9.55. The Morgan fingerprint density at radius 2 is 2.05 bits per heavy atom. The van der Waals surface area contributed by atoms with Crippen LogP contribution in [0.3, 0.4) is 0 Å². The van der Waals surface area contributed by atoms with Gasteiger partial charge in [0.05, 0.1) is 23.0 Å². The molecule has 0 saturated heterocycles. The molecule has 0 aliphatic heterocycles. The molecule has 1 aromatic heterocycles. The van der Waals surface area contributed by atoms with Crippen molar-refractivity contribution in [3.05, 3.63) is 15.6 Å². The third-order valence-corrected chi connectivity index (χ3v) is 4.42. The summed E-state index contributed by atoms with van der Waals surface area (Å²) in [5.74, 6) is 0.681. The third kappa shape index (κ3) is 6.02. The van der Waals surface area contributed by atoms with Crippen LogP contribution in [0.1, 0.15) is 15.6 Å². The molecule has 0 spiro atoms. The van der Waals surface area contributed by atoms with E-state index in [9.17, 15) is 8.42 Å². The Morgan fingerprint density at radius 3 is 2.53 bits per heavy atom. The zero-order valence-electron chi connectivity index (χ0n) is 11.6. The second-order valence-electron chi connectivity index (χ2n) is 4.22. The summed E-state index contributed by atoms with van der Waals surface area (Å²) in [7, 11) is -1.30. The van der Waals surface area contributed by atoms with Gasteiger partial charge in [0, 0.05) is 24.7 Å². The number of sulfone groups is 1. The fourth-order valence-corrected chi connectivity index (χ4v) is 2.83. The maximum Gasteiger partial charge on any atom is 0.191 e. The maximum absolute atomic E-state index is 11.0. The van der Waals surface area contributed by atoms with Gasteiger partial charge in [0.2, 0.25) is 0 Å². The second kappa shape index (κ2) is 6.85. The molecule has 0 atom stereocenters. The summed E-state index contributed by atoms with van der Waals surface area (Å²) in [6, 6.07) is 0. The minimum absolute atomic E-state index is 0.0897. The van der Waals surface area contributed by atoms with Gasteiger partial charge in [-0.1, -0.05) is 0 Å². The highest BCUT2D eigenvalue weighted by atomic mass is 32.2. The van der Waals surface area contributed by atoms with Crippen LogP contribution in [0, 0.1) is 13.8 Å². The Balaban J connectivity index is 2.44. The molecule has 0 fully saturated rings. The molecular weight excluding hydrogens is 284 g/mol. The highest BCUT2D eigenvalue weighted by molar-refractivity contribution is 7.90. The number of aryl methyl sites for hydroxylation is 2. The monoisotopic (exact) mass is 304 g/mol. The van der Waals surface area contributed by atoms with Gasteiger partial charge < -0.3 is 10.6 Å². The summed E-state index contributed by atoms with van der Waals surface area (Å²) in [6.07, 6.45) is 1.22. The van der Waals surface area contributed by atoms with Crippen molar-refractivity contribution in [1.82, 2.24) is 15.6 Å². The highest BCUT2D eigenvalue weighted by Crippen LogP contribution is 2.16. The van der Waals surface area contributed by atoms with Crippen molar-refractivity contribution in [3.63, 3.8) is 0 Å². The Bertz CT molecular complexity index is 549. The van der Waals surface area contributed by atoms with Crippen LogP contribution in [-0.2, 0) is 16.4 Å². The van der Waals surface area contributed by atoms with Crippen LogP contribution in [0.25, 0.3) is 0 Å². The number of hydrogen-bond acceptors (Lipinski definition) is 5. The van der Waals surface area contributed by atoms with Crippen molar-refractivity contribution in [2.75, 3.05) is 25.6 Å². The van der Waals surface area contributed by atoms with Gasteiger partial charge in [-0.05, 0) is 13.8 Å². The first-order chi connectivity index (χ1) is 8.81. The largest absolute Gasteiger partial charge is 0.355 e. The fraction of sp³-hybridized carbons (Fsp3) is 0.636. The lowest BCUT2D eigenvalue weighted by Gasteiger charge is -2.10. The normalized spacial score (nSPS) is 12.5. The molecule has 19 heavy (non-hydrogen) atoms. The first-order valence-electron chi connectivity index (χ1n) is 5.87. The summed E-state index contributed by atoms with van der Waals surface area (Å²) >= 11 is 1.64. The predicted octanol–water partition coefficient (Wildman–Crippen LogP) is 0.470. The van der Waals surface area contributed by atoms with Crippen LogP contribution >= 0.6 is 11.3 Å². The summed E-state index contributed by atoms with van der Waals surface area (Å²) < 4.78 is 22.0. The lowest BCUT2D eigenvalue weighted by atomic mass is 10.4. The molecule has 8 heteroatoms. The molecule has 2 N–H and O–H groups in total. The van der Waals surface area contributed by atoms with Gasteiger partial charge in [0.15, 0.2) is 5.96 Å². The van der Waals surface area contributed by atoms with Crippen LogP contribution in [-0.4, -0.2) is 45.0 Å². The van der Waals surface area contributed by atoms with E-state index in [1.54, 1.807) is 18.4 Å². The van der Waals surface area contributed by atoms with Gasteiger partial charge >= 0.3 is 0 Å². The highest BCUT2D eigenvalue weighted by Gasteiger charge is 2.06. The molecule has 1 heterocycles. The van der Waals surface area contributed by atoms with E-state index in [4.69, 9.17) is 0 Å². The SMILES string of the molecule is CN=C(NCCS(C)(=O)=O)NCc1sc(C)nc1C. The summed E-state index contributed by atoms with van der Waals surface area (Å²) in [5, 5.41) is 7.14. The van der Waals surface area contributed by atoms with Gasteiger partial charge in [0.25, 0.3) is 0 Å². The van der Waals surface area contributed by atoms with E-state index in [0.717, 1.165) is 15.6 Å². The number of hydrogen-bond donors (Lipinski definition) is 2. The van der Waals surface area contributed by atoms with Crippen LogP contribution in [0.5, 0.6) is 0 Å². The molecule has 6 nitrogen and oxygen atoms in total. The van der Waals surface area contributed by atoms with Gasteiger partial charge in [-0.25, -0.2) is 13.4 Å². The Morgan fingerprint density at radius 1 is 1.37 bits per heavy atom. The van der Waals surface area contributed by atoms with E-state index in [-0.39, 0.29) is 5.75 Å². The Labute approximate surface area is 118 Å². The van der Waals surface area contributed by atoms with Crippen molar-refractivity contribution in [1.29, 1.82) is 0 Å². The van der Waals surface area contributed by atoms with Crippen LogP contribution in [0.15, 0.2) is 4.99 Å². The number of aromatic nitrogens is 1. The van der Waals surface area contributed by atoms with Crippen molar-refractivity contribution < 1.29 is 8.42 Å². The predicted molar refractivity (Wildman–Crippen MR) is 79.5 cm³/mol. The van der Waals surface area contributed by atoms with Crippen molar-refractivity contribution in [2.24, 2.45) is 4.99 Å². The molecule has 0 saturated carbocycles. The molecule has 0 radical (unpaired) electrons. The molecule has 0 aliphatic carbocycles. The lowest BCUT2D eigenvalue weighted by molar-refractivity contribution is 0.600. The van der Waals surface area contributed by atoms with Crippen LogP contribution < -0.4 is 10.6 Å². The molecule has 1 rings (SSSR count). The van der Waals surface area contributed by atoms with Crippen molar-refractivity contribution >= 4 is 27.1 Å². The number of thiazole rings is 1. The molecule has 0 aromatic carbocycles. The van der Waals surface area contributed by atoms with E-state index in [2.05, 4.69) is 20.6 Å². The zero-order valence-corrected chi connectivity index (χ0v) is 13.3. The minimum atomic E-state index is -2.95. The average Bonchev–Trinajstić information content (AvgIpc) is 2.60. The van der Waals surface area contributed by atoms with Gasteiger partial charge in [0.1, 0.15) is 9.84 Å². The van der Waals surface area contributed by atoms with E-state index in [0.29, 0.717) is 19.0 Å². The van der Waals surface area contributed by atoms with E-state index < -0.39 is 9.84 Å². The first-order valence-corrected chi connectivity index (χ1v) is 8.74. The molecule has 0 amide bonds. The lowest BCUT2D eigenvalue weighted by Crippen LogP contribution is -2.39. The Hall–Kier alpha value is -1.15. The maximum atomic E-state index is 11.0. The first kappa shape index (κ1) is 15.9. The topological polar surface area (TPSA) is 83.5 Å². The standard InChI is InChI=1S/C11H20N4O2S2/c1-8-10(18-9(2)15-8)7-14-11(12-3)13-5-6-19(4,16)17/h5-7H2,1-4H3,(H2,12,13,14). The molecule has 1 aromatic rings. The fourth-order valence-electron chi connectivity index (χ4n) is 1.48. The minimum Gasteiger partial charge on any atom is -0.355 e. The summed E-state index contributed by atoms with van der Waals surface area (Å²) in [5.41, 5.74) is 1.02. The number of nitrogens with zero attached hydrogens (tertiary/aromatic N) is 2. The van der Waals surface area contributed by atoms with Gasteiger partial charge in [-0.3, -0.25) is 4.99 Å². The zero-order chi connectivity index (χ0) is 14.5. The van der Waals surface area contributed by atoms with E-state index >= 15 is 0 Å². The second-order valence-corrected chi connectivity index (χ2v) is 7.77. The molecule has 108 valence electrons. The van der Waals surface area contributed by atoms with Crippen LogP contribution in [0.4, 0.5) is 0 Å². The quantitative estimate of drug-likeness (QED) is 0.610. The van der Waals surface area contributed by atoms with Crippen LogP contribution in [0.2, 0.25) is 0 Å². The molecular formula is C11H20N4O2S2. The molecule has 0 unspecified atom stereocenters. The van der Waals surface area contributed by atoms with E-state index in [1.807, 2.05) is 13.8 Å². The van der Waals surface area contributed by atoms with Gasteiger partial charge in [-0.2, -0.15) is 0 Å². The summed E-state index contributed by atoms with van der Waals surface area (Å²) in [6.45, 7) is 4.93. The van der Waals surface area contributed by atoms with Gasteiger partial charge in [-0.15, -0.1) is 11.3 Å². The third-order valence-electron chi connectivity index (χ3n) is 2.40. The number of guanidine groups is 1. The average molecular weight is 304 g/mol. The molecule has 0 bridgehead atoms. The smallest absolute Gasteiger partial charge is 0.191 e. The van der Waals surface area contributed by atoms with Crippen molar-refractivity contribution in [3.8, 4) is 0 Å². The van der Waals surface area contributed by atoms with Crippen molar-refractivity contribution in [2.45, 2.75) is 20.4 Å².